The molecule has 0 fully saturated rings. The summed E-state index contributed by atoms with van der Waals surface area (Å²) in [7, 11) is 0. The summed E-state index contributed by atoms with van der Waals surface area (Å²) in [5.41, 5.74) is 0. The van der Waals surface area contributed by atoms with Gasteiger partial charge < -0.3 is 0 Å². The minimum absolute atomic E-state index is 0.807. The van der Waals surface area contributed by atoms with E-state index in [9.17, 15) is 0 Å². The Bertz CT molecular complexity index is 416. The Kier molecular flexibility index (Phi) is 5.40. The summed E-state index contributed by atoms with van der Waals surface area (Å²) in [5.74, 6) is 0. The van der Waals surface area contributed by atoms with Gasteiger partial charge in [0.25, 0.3) is 0 Å². The van der Waals surface area contributed by atoms with E-state index in [1.807, 2.05) is 47.0 Å². The van der Waals surface area contributed by atoms with Crippen LogP contribution in [0.1, 0.15) is 0 Å². The van der Waals surface area contributed by atoms with Crippen LogP contribution in [0.2, 0.25) is 4.22 Å². The summed E-state index contributed by atoms with van der Waals surface area (Å²) in [4.78, 5) is 0. The Balaban J connectivity index is 1.77. The first-order valence-electron chi connectivity index (χ1n) is 4.59. The SMILES string of the molecule is CSC1=C(SC)SC(=C2SC3=C(S2)[Se]C[Se]3)S1. The van der Waals surface area contributed by atoms with Crippen molar-refractivity contribution in [3.8, 4) is 0 Å². The van der Waals surface area contributed by atoms with Crippen LogP contribution < -0.4 is 0 Å². The maximum atomic E-state index is 2.19. The molecule has 0 aromatic heterocycles. The van der Waals surface area contributed by atoms with Crippen LogP contribution in [-0.2, 0) is 0 Å². The molecule has 0 amide bonds. The van der Waals surface area contributed by atoms with Gasteiger partial charge in [0, 0.05) is 0 Å². The topological polar surface area (TPSA) is 0 Å². The molecule has 0 aromatic carbocycles. The summed E-state index contributed by atoms with van der Waals surface area (Å²) in [6.45, 7) is 0. The number of thioether (sulfide) groups is 6. The van der Waals surface area contributed by atoms with Gasteiger partial charge >= 0.3 is 142 Å². The van der Waals surface area contributed by atoms with Gasteiger partial charge in [0.1, 0.15) is 0 Å². The summed E-state index contributed by atoms with van der Waals surface area (Å²) < 4.78 is 11.1. The third-order valence-corrected chi connectivity index (χ3v) is 18.5. The molecule has 3 rings (SSSR count). The van der Waals surface area contributed by atoms with Gasteiger partial charge in [0.15, 0.2) is 0 Å². The molecule has 0 N–H and O–H groups in total. The Morgan fingerprint density at radius 2 is 1.29 bits per heavy atom. The minimum atomic E-state index is 0.807. The fourth-order valence-electron chi connectivity index (χ4n) is 1.28. The van der Waals surface area contributed by atoms with Crippen molar-refractivity contribution in [3.63, 3.8) is 0 Å². The molecule has 8 heteroatoms. The van der Waals surface area contributed by atoms with E-state index in [4.69, 9.17) is 0 Å². The van der Waals surface area contributed by atoms with E-state index < -0.39 is 0 Å². The van der Waals surface area contributed by atoms with Crippen molar-refractivity contribution in [2.75, 3.05) is 12.5 Å². The van der Waals surface area contributed by atoms with Crippen molar-refractivity contribution in [1.29, 1.82) is 0 Å². The molecular weight excluding hydrogens is 458 g/mol. The van der Waals surface area contributed by atoms with Gasteiger partial charge in [-0.05, 0) is 0 Å². The molecule has 0 atom stereocenters. The van der Waals surface area contributed by atoms with Crippen molar-refractivity contribution in [1.82, 2.24) is 0 Å². The predicted octanol–water partition coefficient (Wildman–Crippen LogP) is 4.85. The van der Waals surface area contributed by atoms with Crippen LogP contribution in [0.3, 0.4) is 0 Å². The van der Waals surface area contributed by atoms with Crippen LogP contribution in [0.5, 0.6) is 0 Å². The van der Waals surface area contributed by atoms with Gasteiger partial charge in [-0.15, -0.1) is 0 Å². The molecule has 0 saturated carbocycles. The first-order chi connectivity index (χ1) is 8.31. The zero-order valence-electron chi connectivity index (χ0n) is 8.97. The summed E-state index contributed by atoms with van der Waals surface area (Å²) >= 11 is 13.5. The molecular formula is C9H8S6Se2. The molecule has 17 heavy (non-hydrogen) atoms. The monoisotopic (exact) mass is 468 g/mol. The van der Waals surface area contributed by atoms with Crippen LogP contribution in [0.25, 0.3) is 0 Å². The third-order valence-electron chi connectivity index (χ3n) is 1.99. The first-order valence-corrected chi connectivity index (χ1v) is 14.4. The molecule has 0 spiro atoms. The Hall–Kier alpha value is 2.36. The second kappa shape index (κ2) is 6.42. The van der Waals surface area contributed by atoms with Crippen molar-refractivity contribution < 1.29 is 0 Å². The number of hydrogen-bond donors (Lipinski definition) is 0. The normalized spacial score (nSPS) is 24.4. The van der Waals surface area contributed by atoms with Crippen molar-refractivity contribution in [3.05, 3.63) is 24.6 Å². The van der Waals surface area contributed by atoms with Crippen molar-refractivity contribution >= 4 is 100 Å². The van der Waals surface area contributed by atoms with E-state index in [0.29, 0.717) is 0 Å². The molecule has 3 aliphatic heterocycles. The Morgan fingerprint density at radius 1 is 0.824 bits per heavy atom. The second-order valence-electron chi connectivity index (χ2n) is 2.95. The number of hydrogen-bond acceptors (Lipinski definition) is 6. The average Bonchev–Trinajstić information content (AvgIpc) is 3.00. The van der Waals surface area contributed by atoms with E-state index in [1.165, 1.54) is 16.9 Å². The fraction of sp³-hybridized carbons (Fsp3) is 0.333. The molecule has 92 valence electrons. The van der Waals surface area contributed by atoms with Crippen molar-refractivity contribution in [2.24, 2.45) is 0 Å². The molecule has 0 nitrogen and oxygen atoms in total. The standard InChI is InChI=1S/C9H8S6Se2/c1-10-4-5(11-2)13-6(12-4)7-14-8-9(15-7)17-3-16-8/h3H2,1-2H3. The maximum absolute atomic E-state index is 2.19. The predicted molar refractivity (Wildman–Crippen MR) is 94.8 cm³/mol. The van der Waals surface area contributed by atoms with Crippen LogP contribution >= 0.6 is 70.6 Å². The molecule has 3 heterocycles. The second-order valence-corrected chi connectivity index (χ2v) is 16.9. The number of rotatable bonds is 2. The third kappa shape index (κ3) is 3.02. The molecule has 0 aliphatic carbocycles. The van der Waals surface area contributed by atoms with Crippen LogP contribution in [0.15, 0.2) is 24.6 Å². The molecule has 0 aromatic rings. The van der Waals surface area contributed by atoms with Gasteiger partial charge in [0.2, 0.25) is 0 Å². The van der Waals surface area contributed by atoms with Crippen LogP contribution in [0.4, 0.5) is 0 Å². The van der Waals surface area contributed by atoms with Gasteiger partial charge in [-0.25, -0.2) is 0 Å². The van der Waals surface area contributed by atoms with E-state index in [1.54, 1.807) is 11.8 Å². The Labute approximate surface area is 140 Å². The van der Waals surface area contributed by atoms with Gasteiger partial charge in [-0.3, -0.25) is 0 Å². The summed E-state index contributed by atoms with van der Waals surface area (Å²) in [5, 5.41) is 0. The quantitative estimate of drug-likeness (QED) is 0.530. The summed E-state index contributed by atoms with van der Waals surface area (Å²) in [6.07, 6.45) is 4.37. The molecule has 3 aliphatic rings. The van der Waals surface area contributed by atoms with Crippen molar-refractivity contribution in [2.45, 2.75) is 4.22 Å². The zero-order valence-corrected chi connectivity index (χ0v) is 17.3. The fourth-order valence-corrected chi connectivity index (χ4v) is 20.2. The van der Waals surface area contributed by atoms with E-state index in [0.717, 1.165) is 29.9 Å². The molecule has 0 unspecified atom stereocenters. The summed E-state index contributed by atoms with van der Waals surface area (Å²) in [6, 6.07) is 0. The van der Waals surface area contributed by atoms with Crippen LogP contribution in [0, 0.1) is 0 Å². The molecule has 0 saturated heterocycles. The molecule has 0 radical (unpaired) electrons. The zero-order chi connectivity index (χ0) is 11.8. The first kappa shape index (κ1) is 14.3. The van der Waals surface area contributed by atoms with E-state index >= 15 is 0 Å². The molecule has 0 bridgehead atoms. The Morgan fingerprint density at radius 3 is 1.76 bits per heavy atom. The van der Waals surface area contributed by atoms with Gasteiger partial charge in [-0.2, -0.15) is 0 Å². The average molecular weight is 466 g/mol. The van der Waals surface area contributed by atoms with Gasteiger partial charge in [-0.1, -0.05) is 0 Å². The van der Waals surface area contributed by atoms with Crippen LogP contribution in [-0.4, -0.2) is 42.4 Å². The van der Waals surface area contributed by atoms with E-state index in [-0.39, 0.29) is 0 Å². The van der Waals surface area contributed by atoms with Gasteiger partial charge in [0.05, 0.1) is 0 Å². The van der Waals surface area contributed by atoms with E-state index in [2.05, 4.69) is 36.0 Å².